The second-order valence-electron chi connectivity index (χ2n) is 5.06. The Morgan fingerprint density at radius 2 is 2.18 bits per heavy atom. The summed E-state index contributed by atoms with van der Waals surface area (Å²) in [7, 11) is 0. The molecule has 0 bridgehead atoms. The normalized spacial score (nSPS) is 20.3. The minimum Gasteiger partial charge on any atom is -0.397 e. The molecule has 1 saturated heterocycles. The summed E-state index contributed by atoms with van der Waals surface area (Å²) in [4.78, 5) is 2.21. The van der Waals surface area contributed by atoms with E-state index in [0.29, 0.717) is 21.1 Å². The van der Waals surface area contributed by atoms with Crippen molar-refractivity contribution >= 4 is 34.0 Å². The van der Waals surface area contributed by atoms with Crippen molar-refractivity contribution < 1.29 is 4.39 Å². The average molecular weight is 348 g/mol. The number of nitrogens with two attached hydrogens (primary N) is 1. The van der Waals surface area contributed by atoms with Crippen LogP contribution in [-0.2, 0) is 0 Å². The molecule has 2 rings (SSSR count). The summed E-state index contributed by atoms with van der Waals surface area (Å²) >= 11 is 1.97. The molecule has 2 nitrogen and oxygen atoms in total. The van der Waals surface area contributed by atoms with Crippen molar-refractivity contribution in [2.45, 2.75) is 20.3 Å². The molecule has 17 heavy (non-hydrogen) atoms. The highest BCUT2D eigenvalue weighted by Crippen LogP contribution is 2.33. The molecule has 1 aromatic carbocycles. The smallest absolute Gasteiger partial charge is 0.138 e. The van der Waals surface area contributed by atoms with E-state index in [1.54, 1.807) is 12.1 Å². The number of halogens is 2. The Labute approximate surface area is 116 Å². The van der Waals surface area contributed by atoms with Gasteiger partial charge in [0.25, 0.3) is 0 Å². The molecule has 1 fully saturated rings. The van der Waals surface area contributed by atoms with Crippen LogP contribution < -0.4 is 10.6 Å². The van der Waals surface area contributed by atoms with Crippen molar-refractivity contribution in [3.63, 3.8) is 0 Å². The Kier molecular flexibility index (Phi) is 3.80. The fourth-order valence-corrected chi connectivity index (χ4v) is 2.87. The van der Waals surface area contributed by atoms with Crippen LogP contribution in [0.2, 0.25) is 0 Å². The van der Waals surface area contributed by atoms with Crippen molar-refractivity contribution in [3.05, 3.63) is 21.5 Å². The molecule has 0 saturated carbocycles. The summed E-state index contributed by atoms with van der Waals surface area (Å²) in [6.45, 7) is 6.45. The van der Waals surface area contributed by atoms with Crippen LogP contribution in [0.5, 0.6) is 0 Å². The second kappa shape index (κ2) is 5.00. The summed E-state index contributed by atoms with van der Waals surface area (Å²) in [5.41, 5.74) is 7.51. The maximum absolute atomic E-state index is 13.6. The van der Waals surface area contributed by atoms with Crippen LogP contribution >= 0.6 is 22.6 Å². The van der Waals surface area contributed by atoms with Gasteiger partial charge in [-0.1, -0.05) is 13.8 Å². The van der Waals surface area contributed by atoms with Crippen molar-refractivity contribution in [2.75, 3.05) is 23.7 Å². The predicted octanol–water partition coefficient (Wildman–Crippen LogP) is 3.49. The second-order valence-corrected chi connectivity index (χ2v) is 6.23. The van der Waals surface area contributed by atoms with E-state index in [9.17, 15) is 4.39 Å². The molecule has 0 aliphatic carbocycles. The van der Waals surface area contributed by atoms with E-state index in [1.807, 2.05) is 22.6 Å². The number of benzene rings is 1. The zero-order chi connectivity index (χ0) is 12.6. The van der Waals surface area contributed by atoms with Gasteiger partial charge in [-0.05, 0) is 46.9 Å². The van der Waals surface area contributed by atoms with Crippen molar-refractivity contribution in [1.29, 1.82) is 0 Å². The average Bonchev–Trinajstić information content (AvgIpc) is 2.72. The third kappa shape index (κ3) is 2.67. The molecule has 0 spiro atoms. The highest BCUT2D eigenvalue weighted by molar-refractivity contribution is 14.1. The topological polar surface area (TPSA) is 29.3 Å². The summed E-state index contributed by atoms with van der Waals surface area (Å²) < 4.78 is 14.2. The number of hydrogen-bond donors (Lipinski definition) is 1. The Morgan fingerprint density at radius 3 is 2.76 bits per heavy atom. The highest BCUT2D eigenvalue weighted by atomic mass is 127. The third-order valence-corrected chi connectivity index (χ3v) is 4.40. The zero-order valence-electron chi connectivity index (χ0n) is 10.2. The monoisotopic (exact) mass is 348 g/mol. The summed E-state index contributed by atoms with van der Waals surface area (Å²) in [6.07, 6.45) is 1.17. The molecule has 1 unspecified atom stereocenters. The summed E-state index contributed by atoms with van der Waals surface area (Å²) in [5.74, 6) is 1.19. The fraction of sp³-hybridized carbons (Fsp3) is 0.538. The van der Waals surface area contributed by atoms with Crippen LogP contribution in [0.15, 0.2) is 12.1 Å². The number of nitrogens with zero attached hydrogens (tertiary/aromatic N) is 1. The van der Waals surface area contributed by atoms with Crippen LogP contribution in [0.3, 0.4) is 0 Å². The number of nitrogen functional groups attached to an aromatic ring is 1. The van der Waals surface area contributed by atoms with Gasteiger partial charge in [-0.3, -0.25) is 0 Å². The molecule has 1 heterocycles. The number of anilines is 2. The molecule has 1 aliphatic rings. The Bertz CT molecular complexity index is 420. The zero-order valence-corrected chi connectivity index (χ0v) is 12.4. The van der Waals surface area contributed by atoms with Gasteiger partial charge in [0.1, 0.15) is 5.82 Å². The first kappa shape index (κ1) is 12.9. The molecule has 4 heteroatoms. The van der Waals surface area contributed by atoms with E-state index in [-0.39, 0.29) is 5.82 Å². The maximum atomic E-state index is 13.6. The van der Waals surface area contributed by atoms with Gasteiger partial charge < -0.3 is 10.6 Å². The van der Waals surface area contributed by atoms with E-state index in [4.69, 9.17) is 5.73 Å². The first-order valence-electron chi connectivity index (χ1n) is 5.98. The Morgan fingerprint density at radius 1 is 1.47 bits per heavy atom. The number of rotatable bonds is 2. The summed E-state index contributed by atoms with van der Waals surface area (Å²) in [6, 6.07) is 3.29. The van der Waals surface area contributed by atoms with E-state index in [2.05, 4.69) is 18.7 Å². The lowest BCUT2D eigenvalue weighted by Gasteiger charge is -2.22. The molecular formula is C13H18FIN2. The fourth-order valence-electron chi connectivity index (χ4n) is 2.38. The molecule has 0 amide bonds. The van der Waals surface area contributed by atoms with Crippen LogP contribution in [-0.4, -0.2) is 13.1 Å². The van der Waals surface area contributed by atoms with Crippen LogP contribution in [0.25, 0.3) is 0 Å². The Balaban J connectivity index is 2.22. The predicted molar refractivity (Wildman–Crippen MR) is 78.7 cm³/mol. The largest absolute Gasteiger partial charge is 0.397 e. The van der Waals surface area contributed by atoms with E-state index >= 15 is 0 Å². The van der Waals surface area contributed by atoms with Gasteiger partial charge >= 0.3 is 0 Å². The van der Waals surface area contributed by atoms with E-state index in [0.717, 1.165) is 18.8 Å². The van der Waals surface area contributed by atoms with E-state index in [1.165, 1.54) is 6.42 Å². The van der Waals surface area contributed by atoms with Gasteiger partial charge in [-0.15, -0.1) is 0 Å². The van der Waals surface area contributed by atoms with Gasteiger partial charge in [0.2, 0.25) is 0 Å². The Hall–Kier alpha value is -0.520. The quantitative estimate of drug-likeness (QED) is 0.655. The van der Waals surface area contributed by atoms with Crippen molar-refractivity contribution in [2.24, 2.45) is 11.8 Å². The van der Waals surface area contributed by atoms with E-state index < -0.39 is 0 Å². The highest BCUT2D eigenvalue weighted by Gasteiger charge is 2.26. The molecule has 1 atom stereocenters. The lowest BCUT2D eigenvalue weighted by Crippen LogP contribution is -2.22. The third-order valence-electron chi connectivity index (χ3n) is 3.58. The molecule has 0 radical (unpaired) electrons. The first-order chi connectivity index (χ1) is 7.99. The van der Waals surface area contributed by atoms with Crippen LogP contribution in [0, 0.1) is 21.2 Å². The lowest BCUT2D eigenvalue weighted by molar-refractivity contribution is 0.423. The van der Waals surface area contributed by atoms with Crippen LogP contribution in [0.4, 0.5) is 15.8 Å². The molecule has 2 N–H and O–H groups in total. The molecule has 1 aromatic rings. The minimum absolute atomic E-state index is 0.178. The minimum atomic E-state index is -0.178. The summed E-state index contributed by atoms with van der Waals surface area (Å²) in [5, 5.41) is 0. The van der Waals surface area contributed by atoms with Crippen molar-refractivity contribution in [3.8, 4) is 0 Å². The van der Waals surface area contributed by atoms with Gasteiger partial charge in [0, 0.05) is 19.2 Å². The molecular weight excluding hydrogens is 330 g/mol. The SMILES string of the molecule is CC(C)C1CCN(c2cc(F)c(I)cc2N)C1. The molecule has 94 valence electrons. The van der Waals surface area contributed by atoms with Crippen LogP contribution in [0.1, 0.15) is 20.3 Å². The number of hydrogen-bond acceptors (Lipinski definition) is 2. The molecule has 0 aromatic heterocycles. The van der Waals surface area contributed by atoms with Gasteiger partial charge in [-0.2, -0.15) is 0 Å². The lowest BCUT2D eigenvalue weighted by atomic mass is 9.95. The maximum Gasteiger partial charge on any atom is 0.138 e. The molecule has 1 aliphatic heterocycles. The van der Waals surface area contributed by atoms with Crippen molar-refractivity contribution in [1.82, 2.24) is 0 Å². The first-order valence-corrected chi connectivity index (χ1v) is 7.06. The van der Waals surface area contributed by atoms with Gasteiger partial charge in [0.05, 0.1) is 14.9 Å². The van der Waals surface area contributed by atoms with Gasteiger partial charge in [-0.25, -0.2) is 4.39 Å². The van der Waals surface area contributed by atoms with Gasteiger partial charge in [0.15, 0.2) is 0 Å². The standard InChI is InChI=1S/C13H18FIN2/c1-8(2)9-3-4-17(7-9)13-5-10(14)11(15)6-12(13)16/h5-6,8-9H,3-4,7,16H2,1-2H3.